The summed E-state index contributed by atoms with van der Waals surface area (Å²) >= 11 is 3.19. The number of pyridine rings is 1. The molecule has 0 saturated heterocycles. The van der Waals surface area contributed by atoms with Crippen molar-refractivity contribution in [3.8, 4) is 0 Å². The number of amides is 1. The van der Waals surface area contributed by atoms with Crippen LogP contribution in [-0.4, -0.2) is 25.1 Å². The number of nitrogens with zero attached hydrogens (tertiary/aromatic N) is 4. The summed E-state index contributed by atoms with van der Waals surface area (Å²) < 4.78 is 30.2. The van der Waals surface area contributed by atoms with Crippen LogP contribution in [0.15, 0.2) is 52.0 Å². The number of para-hydroxylation sites is 1. The molecule has 0 aliphatic heterocycles. The number of carbonyl (C=O) groups excluding carboxylic acids is 1. The Balaban J connectivity index is 1.84. The highest BCUT2D eigenvalue weighted by Crippen LogP contribution is 2.20. The first-order valence-electron chi connectivity index (χ1n) is 7.72. The molecule has 0 atom stereocenters. The Hall–Kier alpha value is -3.14. The summed E-state index contributed by atoms with van der Waals surface area (Å²) in [5, 5.41) is 6.64. The molecule has 4 aromatic rings. The summed E-state index contributed by atoms with van der Waals surface area (Å²) in [5.41, 5.74) is -0.265. The van der Waals surface area contributed by atoms with Crippen molar-refractivity contribution in [2.45, 2.75) is 6.54 Å². The van der Waals surface area contributed by atoms with Crippen molar-refractivity contribution in [2.75, 3.05) is 5.32 Å². The second-order valence-electron chi connectivity index (χ2n) is 5.67. The molecule has 4 rings (SSSR count). The third-order valence-corrected chi connectivity index (χ3v) is 4.30. The molecule has 0 fully saturated rings. The maximum atomic E-state index is 14.5. The summed E-state index contributed by atoms with van der Waals surface area (Å²) in [6.07, 6.45) is 0.969. The first-order chi connectivity index (χ1) is 12.9. The fourth-order valence-corrected chi connectivity index (χ4v) is 3.18. The minimum Gasteiger partial charge on any atom is -0.313 e. The summed E-state index contributed by atoms with van der Waals surface area (Å²) in [6, 6.07) is 8.06. The van der Waals surface area contributed by atoms with Gasteiger partial charge in [0.05, 0.1) is 17.1 Å². The van der Waals surface area contributed by atoms with Crippen LogP contribution in [0, 0.1) is 11.6 Å². The van der Waals surface area contributed by atoms with E-state index < -0.39 is 23.1 Å². The molecule has 0 aliphatic rings. The van der Waals surface area contributed by atoms with E-state index in [-0.39, 0.29) is 28.9 Å². The number of benzene rings is 1. The van der Waals surface area contributed by atoms with Gasteiger partial charge in [0.1, 0.15) is 34.2 Å². The van der Waals surface area contributed by atoms with Crippen molar-refractivity contribution in [3.05, 3.63) is 69.2 Å². The number of fused-ring (bicyclic) bond motifs is 2. The van der Waals surface area contributed by atoms with Crippen molar-refractivity contribution >= 4 is 44.2 Å². The van der Waals surface area contributed by atoms with Crippen LogP contribution in [0.4, 0.5) is 14.6 Å². The Morgan fingerprint density at radius 3 is 2.78 bits per heavy atom. The predicted molar refractivity (Wildman–Crippen MR) is 97.4 cm³/mol. The summed E-state index contributed by atoms with van der Waals surface area (Å²) in [7, 11) is 0. The standard InChI is InChI=1S/C17H10BrF2N5O2/c18-12-6-15-24(8-14(26)22-13-5-4-9(19)7-21-13)16-10(2-1-3-11(16)20)17(27)25(15)23-12/h1-7H,8H2,(H,21,22,26). The number of hydrogen-bond donors (Lipinski definition) is 1. The largest absolute Gasteiger partial charge is 0.313 e. The van der Waals surface area contributed by atoms with Gasteiger partial charge in [-0.25, -0.2) is 13.8 Å². The Kier molecular flexibility index (Phi) is 4.19. The molecule has 3 heterocycles. The Morgan fingerprint density at radius 2 is 2.04 bits per heavy atom. The number of nitrogens with one attached hydrogen (secondary N) is 1. The van der Waals surface area contributed by atoms with Gasteiger partial charge in [0.2, 0.25) is 5.91 Å². The highest BCUT2D eigenvalue weighted by Gasteiger charge is 2.18. The number of hydrogen-bond acceptors (Lipinski definition) is 4. The summed E-state index contributed by atoms with van der Waals surface area (Å²) in [6.45, 7) is -0.307. The zero-order valence-electron chi connectivity index (χ0n) is 13.5. The van der Waals surface area contributed by atoms with E-state index in [1.165, 1.54) is 34.9 Å². The van der Waals surface area contributed by atoms with E-state index in [4.69, 9.17) is 0 Å². The van der Waals surface area contributed by atoms with Crippen molar-refractivity contribution < 1.29 is 13.6 Å². The molecule has 0 bridgehead atoms. The lowest BCUT2D eigenvalue weighted by Gasteiger charge is -2.13. The molecule has 0 unspecified atom stereocenters. The lowest BCUT2D eigenvalue weighted by atomic mass is 10.2. The quantitative estimate of drug-likeness (QED) is 0.538. The highest BCUT2D eigenvalue weighted by molar-refractivity contribution is 9.10. The molecule has 1 aromatic carbocycles. The smallest absolute Gasteiger partial charge is 0.282 e. The van der Waals surface area contributed by atoms with Crippen LogP contribution in [0.2, 0.25) is 0 Å². The Labute approximate surface area is 158 Å². The van der Waals surface area contributed by atoms with Gasteiger partial charge >= 0.3 is 0 Å². The first-order valence-corrected chi connectivity index (χ1v) is 8.51. The average molecular weight is 434 g/mol. The molecule has 10 heteroatoms. The molecule has 27 heavy (non-hydrogen) atoms. The topological polar surface area (TPSA) is 81.3 Å². The van der Waals surface area contributed by atoms with Crippen LogP contribution in [0.3, 0.4) is 0 Å². The third kappa shape index (κ3) is 3.08. The molecule has 3 aromatic heterocycles. The van der Waals surface area contributed by atoms with Crippen LogP contribution >= 0.6 is 15.9 Å². The van der Waals surface area contributed by atoms with E-state index in [1.54, 1.807) is 0 Å². The lowest BCUT2D eigenvalue weighted by Crippen LogP contribution is -2.25. The lowest BCUT2D eigenvalue weighted by molar-refractivity contribution is -0.116. The minimum absolute atomic E-state index is 0.00962. The second kappa shape index (κ2) is 6.54. The van der Waals surface area contributed by atoms with Crippen molar-refractivity contribution in [2.24, 2.45) is 0 Å². The van der Waals surface area contributed by atoms with Crippen molar-refractivity contribution in [1.29, 1.82) is 0 Å². The van der Waals surface area contributed by atoms with E-state index in [2.05, 4.69) is 31.3 Å². The maximum Gasteiger partial charge on any atom is 0.282 e. The molecule has 7 nitrogen and oxygen atoms in total. The molecule has 1 N–H and O–H groups in total. The van der Waals surface area contributed by atoms with E-state index in [1.807, 2.05) is 0 Å². The average Bonchev–Trinajstić information content (AvgIpc) is 3.03. The second-order valence-corrected chi connectivity index (χ2v) is 6.49. The van der Waals surface area contributed by atoms with Crippen LogP contribution in [0.1, 0.15) is 0 Å². The number of aromatic nitrogens is 4. The van der Waals surface area contributed by atoms with Gasteiger partial charge in [-0.2, -0.15) is 9.61 Å². The van der Waals surface area contributed by atoms with Gasteiger partial charge in [0.15, 0.2) is 0 Å². The van der Waals surface area contributed by atoms with E-state index in [9.17, 15) is 18.4 Å². The Bertz CT molecular complexity index is 1250. The van der Waals surface area contributed by atoms with E-state index in [0.29, 0.717) is 4.60 Å². The van der Waals surface area contributed by atoms with Gasteiger partial charge < -0.3 is 9.88 Å². The predicted octanol–water partition coefficient (Wildman–Crippen LogP) is 2.72. The minimum atomic E-state index is -0.642. The maximum absolute atomic E-state index is 14.5. The SMILES string of the molecule is O=C(Cn1c2c(F)cccc2c(=O)n2nc(Br)cc12)Nc1ccc(F)cn1. The van der Waals surface area contributed by atoms with Crippen molar-refractivity contribution in [1.82, 2.24) is 19.2 Å². The zero-order valence-corrected chi connectivity index (χ0v) is 15.1. The zero-order chi connectivity index (χ0) is 19.1. The van der Waals surface area contributed by atoms with Gasteiger partial charge in [0, 0.05) is 6.07 Å². The van der Waals surface area contributed by atoms with Gasteiger partial charge in [0.25, 0.3) is 5.56 Å². The fourth-order valence-electron chi connectivity index (χ4n) is 2.81. The Morgan fingerprint density at radius 1 is 1.22 bits per heavy atom. The molecular formula is C17H10BrF2N5O2. The fraction of sp³-hybridized carbons (Fsp3) is 0.0588. The molecule has 0 spiro atoms. The van der Waals surface area contributed by atoms with Gasteiger partial charge in [-0.3, -0.25) is 9.59 Å². The van der Waals surface area contributed by atoms with Crippen LogP contribution in [0.5, 0.6) is 0 Å². The van der Waals surface area contributed by atoms with Crippen LogP contribution < -0.4 is 10.9 Å². The van der Waals surface area contributed by atoms with E-state index in [0.717, 1.165) is 16.8 Å². The molecule has 1 amide bonds. The monoisotopic (exact) mass is 433 g/mol. The molecule has 136 valence electrons. The molecule has 0 aliphatic carbocycles. The number of rotatable bonds is 3. The van der Waals surface area contributed by atoms with Crippen molar-refractivity contribution in [3.63, 3.8) is 0 Å². The van der Waals surface area contributed by atoms with Crippen LogP contribution in [0.25, 0.3) is 16.6 Å². The number of anilines is 1. The van der Waals surface area contributed by atoms with Gasteiger partial charge in [-0.1, -0.05) is 6.07 Å². The normalized spacial score (nSPS) is 11.2. The first kappa shape index (κ1) is 17.3. The number of halogens is 3. The molecule has 0 saturated carbocycles. The van der Waals surface area contributed by atoms with Gasteiger partial charge in [-0.05, 0) is 40.2 Å². The molecule has 0 radical (unpaired) electrons. The highest BCUT2D eigenvalue weighted by atomic mass is 79.9. The number of carbonyl (C=O) groups is 1. The third-order valence-electron chi connectivity index (χ3n) is 3.91. The molecular weight excluding hydrogens is 424 g/mol. The summed E-state index contributed by atoms with van der Waals surface area (Å²) in [4.78, 5) is 28.8. The van der Waals surface area contributed by atoms with Crippen LogP contribution in [-0.2, 0) is 11.3 Å². The summed E-state index contributed by atoms with van der Waals surface area (Å²) in [5.74, 6) is -1.55. The van der Waals surface area contributed by atoms with E-state index >= 15 is 0 Å². The van der Waals surface area contributed by atoms with Gasteiger partial charge in [-0.15, -0.1) is 0 Å².